The fraction of sp³-hybridized carbons (Fsp3) is 0.179. The van der Waals surface area contributed by atoms with E-state index in [1.54, 1.807) is 60.7 Å². The van der Waals surface area contributed by atoms with Crippen LogP contribution in [0.3, 0.4) is 0 Å². The Balaban J connectivity index is 1.68. The molecule has 3 aromatic rings. The Morgan fingerprint density at radius 2 is 1.59 bits per heavy atom. The Hall–Kier alpha value is -4.27. The molecule has 4 rings (SSSR count). The molecule has 0 unspecified atom stereocenters. The summed E-state index contributed by atoms with van der Waals surface area (Å²) in [6.07, 6.45) is -3.85. The number of ketones is 1. The molecule has 1 amide bonds. The van der Waals surface area contributed by atoms with Crippen LogP contribution >= 0.6 is 0 Å². The predicted octanol–water partition coefficient (Wildman–Crippen LogP) is 5.63. The lowest BCUT2D eigenvalue weighted by Crippen LogP contribution is -2.50. The van der Waals surface area contributed by atoms with E-state index < -0.39 is 52.9 Å². The highest BCUT2D eigenvalue weighted by molar-refractivity contribution is 5.97. The second kappa shape index (κ2) is 10.8. The third-order valence-corrected chi connectivity index (χ3v) is 5.92. The van der Waals surface area contributed by atoms with Gasteiger partial charge >= 0.3 is 12.1 Å². The van der Waals surface area contributed by atoms with Crippen molar-refractivity contribution in [2.24, 2.45) is 0 Å². The SMILES string of the molecule is O=C(O[C@H]1C(=O)CCN(C(=O)/C=C/c2ccccc2)[C@@H]1c1ccccc1)c1ccc(F)cc1C(F)(F)F. The molecule has 190 valence electrons. The minimum Gasteiger partial charge on any atom is -0.448 e. The van der Waals surface area contributed by atoms with Crippen molar-refractivity contribution in [1.29, 1.82) is 0 Å². The molecule has 3 aromatic carbocycles. The molecular weight excluding hydrogens is 490 g/mol. The number of ether oxygens (including phenoxy) is 1. The molecule has 1 fully saturated rings. The predicted molar refractivity (Wildman–Crippen MR) is 127 cm³/mol. The van der Waals surface area contributed by atoms with Gasteiger partial charge in [0.2, 0.25) is 5.91 Å². The van der Waals surface area contributed by atoms with E-state index >= 15 is 0 Å². The number of halogens is 4. The maximum atomic E-state index is 13.5. The van der Waals surface area contributed by atoms with Crippen molar-refractivity contribution in [3.8, 4) is 0 Å². The zero-order valence-electron chi connectivity index (χ0n) is 19.3. The largest absolute Gasteiger partial charge is 0.448 e. The Morgan fingerprint density at radius 3 is 2.24 bits per heavy atom. The number of hydrogen-bond donors (Lipinski definition) is 0. The average molecular weight is 511 g/mol. The maximum absolute atomic E-state index is 13.5. The van der Waals surface area contributed by atoms with Crippen LogP contribution in [-0.2, 0) is 20.5 Å². The summed E-state index contributed by atoms with van der Waals surface area (Å²) in [6.45, 7) is 0.0226. The van der Waals surface area contributed by atoms with Crippen LogP contribution in [0, 0.1) is 5.82 Å². The quantitative estimate of drug-likeness (QED) is 0.253. The van der Waals surface area contributed by atoms with E-state index in [1.807, 2.05) is 6.07 Å². The molecule has 9 heteroatoms. The molecule has 1 heterocycles. The molecule has 1 aliphatic rings. The molecule has 5 nitrogen and oxygen atoms in total. The van der Waals surface area contributed by atoms with Crippen molar-refractivity contribution >= 4 is 23.7 Å². The number of carbonyl (C=O) groups is 3. The fourth-order valence-electron chi connectivity index (χ4n) is 4.17. The monoisotopic (exact) mass is 511 g/mol. The number of esters is 1. The minimum absolute atomic E-state index is 0.0226. The van der Waals surface area contributed by atoms with Crippen LogP contribution in [-0.4, -0.2) is 35.2 Å². The molecule has 2 atom stereocenters. The molecule has 1 aliphatic heterocycles. The average Bonchev–Trinajstić information content (AvgIpc) is 2.88. The third kappa shape index (κ3) is 5.94. The summed E-state index contributed by atoms with van der Waals surface area (Å²) in [5.74, 6) is -3.64. The Kier molecular flexibility index (Phi) is 7.52. The van der Waals surface area contributed by atoms with Gasteiger partial charge < -0.3 is 9.64 Å². The first kappa shape index (κ1) is 25.8. The van der Waals surface area contributed by atoms with Crippen molar-refractivity contribution in [3.05, 3.63) is 113 Å². The lowest BCUT2D eigenvalue weighted by Gasteiger charge is -2.39. The van der Waals surface area contributed by atoms with E-state index in [1.165, 1.54) is 11.0 Å². The van der Waals surface area contributed by atoms with Crippen LogP contribution in [0.15, 0.2) is 84.9 Å². The lowest BCUT2D eigenvalue weighted by molar-refractivity contribution is -0.145. The van der Waals surface area contributed by atoms with Crippen molar-refractivity contribution in [2.45, 2.75) is 24.7 Å². The lowest BCUT2D eigenvalue weighted by atomic mass is 9.91. The van der Waals surface area contributed by atoms with E-state index in [9.17, 15) is 31.9 Å². The van der Waals surface area contributed by atoms with E-state index in [2.05, 4.69) is 0 Å². The van der Waals surface area contributed by atoms with Gasteiger partial charge in [0, 0.05) is 19.0 Å². The summed E-state index contributed by atoms with van der Waals surface area (Å²) in [6, 6.07) is 17.8. The van der Waals surface area contributed by atoms with Gasteiger partial charge in [-0.2, -0.15) is 13.2 Å². The number of benzene rings is 3. The smallest absolute Gasteiger partial charge is 0.417 e. The zero-order chi connectivity index (χ0) is 26.6. The number of Topliss-reactive ketones (excluding diaryl/α,β-unsaturated/α-hetero) is 1. The van der Waals surface area contributed by atoms with Gasteiger partial charge in [-0.3, -0.25) is 9.59 Å². The maximum Gasteiger partial charge on any atom is 0.417 e. The van der Waals surface area contributed by atoms with Gasteiger partial charge in [0.1, 0.15) is 11.9 Å². The van der Waals surface area contributed by atoms with Gasteiger partial charge in [0.05, 0.1) is 11.1 Å². The number of carbonyl (C=O) groups excluding carboxylic acids is 3. The van der Waals surface area contributed by atoms with Crippen LogP contribution in [0.25, 0.3) is 6.08 Å². The number of likely N-dealkylation sites (tertiary alicyclic amines) is 1. The molecule has 0 saturated carbocycles. The first-order chi connectivity index (χ1) is 17.6. The highest BCUT2D eigenvalue weighted by Gasteiger charge is 2.44. The highest BCUT2D eigenvalue weighted by atomic mass is 19.4. The second-order valence-corrected chi connectivity index (χ2v) is 8.36. The van der Waals surface area contributed by atoms with Crippen molar-refractivity contribution in [3.63, 3.8) is 0 Å². The van der Waals surface area contributed by atoms with Crippen LogP contribution in [0.2, 0.25) is 0 Å². The fourth-order valence-corrected chi connectivity index (χ4v) is 4.17. The number of nitrogens with zero attached hydrogens (tertiary/aromatic N) is 1. The molecule has 0 aromatic heterocycles. The molecule has 0 bridgehead atoms. The Bertz CT molecular complexity index is 1320. The van der Waals surface area contributed by atoms with E-state index in [0.29, 0.717) is 17.7 Å². The van der Waals surface area contributed by atoms with Gasteiger partial charge in [-0.15, -0.1) is 0 Å². The highest BCUT2D eigenvalue weighted by Crippen LogP contribution is 2.36. The molecular formula is C28H21F4NO4. The van der Waals surface area contributed by atoms with Gasteiger partial charge in [0.25, 0.3) is 0 Å². The summed E-state index contributed by atoms with van der Waals surface area (Å²) in [7, 11) is 0. The van der Waals surface area contributed by atoms with Crippen molar-refractivity contribution < 1.29 is 36.7 Å². The van der Waals surface area contributed by atoms with E-state index in [-0.39, 0.29) is 19.0 Å². The summed E-state index contributed by atoms with van der Waals surface area (Å²) in [4.78, 5) is 40.3. The number of hydrogen-bond acceptors (Lipinski definition) is 4. The van der Waals surface area contributed by atoms with Gasteiger partial charge in [0.15, 0.2) is 11.9 Å². The topological polar surface area (TPSA) is 63.7 Å². The minimum atomic E-state index is -5.03. The number of rotatable bonds is 5. The van der Waals surface area contributed by atoms with Crippen LogP contribution in [0.4, 0.5) is 17.6 Å². The van der Waals surface area contributed by atoms with Gasteiger partial charge in [-0.05, 0) is 35.4 Å². The van der Waals surface area contributed by atoms with Crippen LogP contribution in [0.5, 0.6) is 0 Å². The molecule has 0 radical (unpaired) electrons. The number of amides is 1. The summed E-state index contributed by atoms with van der Waals surface area (Å²) in [5, 5.41) is 0. The van der Waals surface area contributed by atoms with E-state index in [4.69, 9.17) is 4.74 Å². The Morgan fingerprint density at radius 1 is 0.946 bits per heavy atom. The Labute approximate surface area is 210 Å². The molecule has 0 N–H and O–H groups in total. The molecule has 0 spiro atoms. The third-order valence-electron chi connectivity index (χ3n) is 5.92. The summed E-state index contributed by atoms with van der Waals surface area (Å²) in [5.41, 5.74) is -1.22. The summed E-state index contributed by atoms with van der Waals surface area (Å²) >= 11 is 0. The first-order valence-corrected chi connectivity index (χ1v) is 11.3. The number of alkyl halides is 3. The normalized spacial score (nSPS) is 18.2. The standard InChI is InChI=1S/C28H21F4NO4/c29-20-12-13-21(22(17-20)28(30,31)32)27(36)37-26-23(34)15-16-33(25(26)19-9-5-2-6-10-19)24(35)14-11-18-7-3-1-4-8-18/h1-14,17,25-26H,15-16H2/b14-11+/t25-,26+/m1/s1. The van der Waals surface area contributed by atoms with Crippen molar-refractivity contribution in [2.75, 3.05) is 6.54 Å². The number of piperidine rings is 1. The van der Waals surface area contributed by atoms with Gasteiger partial charge in [-0.1, -0.05) is 60.7 Å². The molecule has 0 aliphatic carbocycles. The summed E-state index contributed by atoms with van der Waals surface area (Å²) < 4.78 is 59.3. The second-order valence-electron chi connectivity index (χ2n) is 8.36. The molecule has 37 heavy (non-hydrogen) atoms. The van der Waals surface area contributed by atoms with E-state index in [0.717, 1.165) is 5.56 Å². The van der Waals surface area contributed by atoms with Crippen LogP contribution in [0.1, 0.15) is 39.5 Å². The first-order valence-electron chi connectivity index (χ1n) is 11.3. The van der Waals surface area contributed by atoms with Crippen molar-refractivity contribution in [1.82, 2.24) is 4.90 Å². The zero-order valence-corrected chi connectivity index (χ0v) is 19.3. The van der Waals surface area contributed by atoms with Gasteiger partial charge in [-0.25, -0.2) is 9.18 Å². The van der Waals surface area contributed by atoms with Crippen LogP contribution < -0.4 is 0 Å². The molecule has 1 saturated heterocycles.